The van der Waals surface area contributed by atoms with Gasteiger partial charge in [-0.1, -0.05) is 29.8 Å². The van der Waals surface area contributed by atoms with Gasteiger partial charge in [-0.05, 0) is 60.4 Å². The summed E-state index contributed by atoms with van der Waals surface area (Å²) in [5.74, 6) is 1.05. The number of aliphatic hydroxyl groups is 1. The van der Waals surface area contributed by atoms with E-state index in [4.69, 9.17) is 9.47 Å². The number of nitrogens with zero attached hydrogens (tertiary/aromatic N) is 4. The van der Waals surface area contributed by atoms with Crippen molar-refractivity contribution in [2.75, 3.05) is 27.3 Å². The highest BCUT2D eigenvalue weighted by molar-refractivity contribution is 5.84. The van der Waals surface area contributed by atoms with Crippen molar-refractivity contribution in [1.82, 2.24) is 14.7 Å². The summed E-state index contributed by atoms with van der Waals surface area (Å²) in [4.78, 5) is 1.58. The summed E-state index contributed by atoms with van der Waals surface area (Å²) < 4.78 is 56.6. The maximum absolute atomic E-state index is 14.8. The van der Waals surface area contributed by atoms with Crippen LogP contribution in [0.3, 0.4) is 0 Å². The average Bonchev–Trinajstić information content (AvgIpc) is 3.29. The van der Waals surface area contributed by atoms with Crippen molar-refractivity contribution in [1.29, 1.82) is 5.26 Å². The molecule has 40 heavy (non-hydrogen) atoms. The van der Waals surface area contributed by atoms with Crippen molar-refractivity contribution in [3.8, 4) is 17.6 Å². The van der Waals surface area contributed by atoms with Gasteiger partial charge < -0.3 is 14.6 Å². The number of rotatable bonds is 7. The fourth-order valence-electron chi connectivity index (χ4n) is 5.35. The Balaban J connectivity index is 1.56. The molecule has 1 N–H and O–H groups in total. The lowest BCUT2D eigenvalue weighted by Crippen LogP contribution is -2.52. The molecule has 0 saturated carbocycles. The van der Waals surface area contributed by atoms with Gasteiger partial charge in [-0.3, -0.25) is 9.58 Å². The molecule has 0 spiro atoms. The van der Waals surface area contributed by atoms with E-state index in [0.717, 1.165) is 22.3 Å². The van der Waals surface area contributed by atoms with Crippen molar-refractivity contribution in [3.63, 3.8) is 0 Å². The molecule has 0 bridgehead atoms. The predicted molar refractivity (Wildman–Crippen MR) is 143 cm³/mol. The number of halogens is 3. The number of alkyl halides is 3. The number of aromatic nitrogens is 2. The molecular formula is C30H29F3N4O3. The molecule has 0 aliphatic carbocycles. The molecule has 1 aliphatic heterocycles. The van der Waals surface area contributed by atoms with E-state index >= 15 is 0 Å². The normalized spacial score (nSPS) is 15.3. The van der Waals surface area contributed by atoms with Gasteiger partial charge in [-0.15, -0.1) is 0 Å². The third-order valence-corrected chi connectivity index (χ3v) is 7.41. The smallest absolute Gasteiger partial charge is 0.424 e. The molecule has 3 aromatic carbocycles. The van der Waals surface area contributed by atoms with Gasteiger partial charge in [-0.25, -0.2) is 0 Å². The summed E-state index contributed by atoms with van der Waals surface area (Å²) in [6.45, 7) is 1.89. The van der Waals surface area contributed by atoms with E-state index in [2.05, 4.69) is 5.10 Å². The van der Waals surface area contributed by atoms with Gasteiger partial charge in [0.2, 0.25) is 5.60 Å². The number of methoxy groups -OCH3 is 2. The number of ether oxygens (including phenoxy) is 2. The second kappa shape index (κ2) is 10.5. The first-order valence-corrected chi connectivity index (χ1v) is 12.8. The van der Waals surface area contributed by atoms with Gasteiger partial charge in [0.15, 0.2) is 11.5 Å². The number of aryl methyl sites for hydroxylation is 1. The zero-order valence-electron chi connectivity index (χ0n) is 22.4. The molecule has 208 valence electrons. The highest BCUT2D eigenvalue weighted by Crippen LogP contribution is 2.43. The predicted octanol–water partition coefficient (Wildman–Crippen LogP) is 5.09. The van der Waals surface area contributed by atoms with Crippen LogP contribution in [0.1, 0.15) is 33.5 Å². The molecule has 1 unspecified atom stereocenters. The van der Waals surface area contributed by atoms with E-state index in [0.29, 0.717) is 30.0 Å². The van der Waals surface area contributed by atoms with Gasteiger partial charge in [0.05, 0.1) is 37.9 Å². The van der Waals surface area contributed by atoms with Gasteiger partial charge >= 0.3 is 6.18 Å². The quantitative estimate of drug-likeness (QED) is 0.345. The standard InChI is InChI=1S/C30H29F3N4O3/c1-19-5-4-6-21(11-19)16-37-25-12-20(15-34)7-8-24(25)28(35-37)29(38,30(31,32)33)18-36-10-9-22-13-26(39-2)27(40-3)14-23(22)17-36/h4-8,11-14,38H,9-10,16-18H2,1-3H3. The molecule has 0 amide bonds. The molecule has 10 heteroatoms. The first-order valence-electron chi connectivity index (χ1n) is 12.8. The highest BCUT2D eigenvalue weighted by Gasteiger charge is 2.58. The number of benzene rings is 3. The van der Waals surface area contributed by atoms with Gasteiger partial charge in [-0.2, -0.15) is 23.5 Å². The largest absolute Gasteiger partial charge is 0.493 e. The summed E-state index contributed by atoms with van der Waals surface area (Å²) in [5, 5.41) is 25.5. The maximum Gasteiger partial charge on any atom is 0.424 e. The number of fused-ring (bicyclic) bond motifs is 2. The number of hydrogen-bond acceptors (Lipinski definition) is 6. The van der Waals surface area contributed by atoms with Crippen LogP contribution >= 0.6 is 0 Å². The van der Waals surface area contributed by atoms with E-state index in [1.165, 1.54) is 37.1 Å². The van der Waals surface area contributed by atoms with Gasteiger partial charge in [0.25, 0.3) is 0 Å². The Morgan fingerprint density at radius 1 is 1.02 bits per heavy atom. The van der Waals surface area contributed by atoms with E-state index in [1.54, 1.807) is 11.0 Å². The van der Waals surface area contributed by atoms with E-state index in [-0.39, 0.29) is 24.0 Å². The molecule has 2 heterocycles. The SMILES string of the molecule is COc1cc2c(cc1OC)CN(CC(O)(c1nn(Cc3cccc(C)c3)c3cc(C#N)ccc13)C(F)(F)F)CC2. The fraction of sp³-hybridized carbons (Fsp3) is 0.333. The second-order valence-corrected chi connectivity index (χ2v) is 10.1. The minimum atomic E-state index is -5.02. The minimum Gasteiger partial charge on any atom is -0.493 e. The second-order valence-electron chi connectivity index (χ2n) is 10.1. The van der Waals surface area contributed by atoms with E-state index in [1.807, 2.05) is 43.3 Å². The Kier molecular flexibility index (Phi) is 7.21. The van der Waals surface area contributed by atoms with E-state index in [9.17, 15) is 23.5 Å². The highest BCUT2D eigenvalue weighted by atomic mass is 19.4. The molecule has 5 rings (SSSR count). The number of nitriles is 1. The molecular weight excluding hydrogens is 521 g/mol. The number of β-amino-alcohol motifs (C(OH)–C–C–N with tert-alkyl or cyclic N) is 1. The van der Waals surface area contributed by atoms with Crippen LogP contribution in [-0.2, 0) is 25.1 Å². The first-order chi connectivity index (χ1) is 19.1. The van der Waals surface area contributed by atoms with Crippen LogP contribution in [0.5, 0.6) is 11.5 Å². The minimum absolute atomic E-state index is 0.148. The van der Waals surface area contributed by atoms with Crippen LogP contribution in [0.4, 0.5) is 13.2 Å². The Morgan fingerprint density at radius 2 is 1.75 bits per heavy atom. The number of hydrogen-bond donors (Lipinski definition) is 1. The Bertz CT molecular complexity index is 1610. The summed E-state index contributed by atoms with van der Waals surface area (Å²) in [7, 11) is 3.04. The summed E-state index contributed by atoms with van der Waals surface area (Å²) >= 11 is 0. The Labute approximate surface area is 230 Å². The van der Waals surface area contributed by atoms with Crippen molar-refractivity contribution in [2.24, 2.45) is 0 Å². The molecule has 0 fully saturated rings. The van der Waals surface area contributed by atoms with Crippen molar-refractivity contribution >= 4 is 10.9 Å². The van der Waals surface area contributed by atoms with Crippen molar-refractivity contribution in [2.45, 2.75) is 38.2 Å². The van der Waals surface area contributed by atoms with Crippen molar-refractivity contribution < 1.29 is 27.8 Å². The molecule has 0 saturated heterocycles. The Hall–Kier alpha value is -4.07. The van der Waals surface area contributed by atoms with Crippen LogP contribution in [0.2, 0.25) is 0 Å². The van der Waals surface area contributed by atoms with Crippen LogP contribution in [0.15, 0.2) is 54.6 Å². The van der Waals surface area contributed by atoms with Gasteiger partial charge in [0, 0.05) is 25.0 Å². The third-order valence-electron chi connectivity index (χ3n) is 7.41. The average molecular weight is 551 g/mol. The molecule has 1 aliphatic rings. The molecule has 4 aromatic rings. The summed E-state index contributed by atoms with van der Waals surface area (Å²) in [6.07, 6.45) is -4.54. The fourth-order valence-corrected chi connectivity index (χ4v) is 5.35. The molecule has 1 atom stereocenters. The molecule has 1 aromatic heterocycles. The zero-order valence-corrected chi connectivity index (χ0v) is 22.4. The van der Waals surface area contributed by atoms with Crippen LogP contribution in [0.25, 0.3) is 10.9 Å². The lowest BCUT2D eigenvalue weighted by atomic mass is 9.92. The lowest BCUT2D eigenvalue weighted by Gasteiger charge is -2.37. The molecule has 7 nitrogen and oxygen atoms in total. The summed E-state index contributed by atoms with van der Waals surface area (Å²) in [6, 6.07) is 17.6. The maximum atomic E-state index is 14.8. The van der Waals surface area contributed by atoms with E-state index < -0.39 is 24.0 Å². The third kappa shape index (κ3) is 4.98. The van der Waals surface area contributed by atoms with Crippen LogP contribution in [0, 0.1) is 18.3 Å². The zero-order chi connectivity index (χ0) is 28.7. The Morgan fingerprint density at radius 3 is 2.40 bits per heavy atom. The summed E-state index contributed by atoms with van der Waals surface area (Å²) in [5.41, 5.74) is 0.500. The monoisotopic (exact) mass is 550 g/mol. The van der Waals surface area contributed by atoms with Gasteiger partial charge in [0.1, 0.15) is 5.69 Å². The molecule has 0 radical (unpaired) electrons. The first kappa shape index (κ1) is 27.5. The van der Waals surface area contributed by atoms with Crippen molar-refractivity contribution in [3.05, 3.63) is 88.1 Å². The topological polar surface area (TPSA) is 83.5 Å². The van der Waals surface area contributed by atoms with Crippen LogP contribution in [-0.4, -0.2) is 53.3 Å². The van der Waals surface area contributed by atoms with Crippen LogP contribution < -0.4 is 9.47 Å². The lowest BCUT2D eigenvalue weighted by molar-refractivity contribution is -0.273.